The highest BCUT2D eigenvalue weighted by Crippen LogP contribution is 2.35. The highest BCUT2D eigenvalue weighted by atomic mass is 32.2. The molecule has 0 bridgehead atoms. The average molecular weight is 366 g/mol. The molecular weight excluding hydrogens is 351 g/mol. The van der Waals surface area contributed by atoms with E-state index in [0.717, 1.165) is 16.6 Å². The van der Waals surface area contributed by atoms with Gasteiger partial charge in [-0.3, -0.25) is 0 Å². The van der Waals surface area contributed by atoms with Crippen molar-refractivity contribution in [2.45, 2.75) is 4.90 Å². The summed E-state index contributed by atoms with van der Waals surface area (Å²) in [4.78, 5) is 0.255. The van der Waals surface area contributed by atoms with Crippen LogP contribution in [0.25, 0.3) is 27.9 Å². The largest absolute Gasteiger partial charge is 0.240 e. The molecule has 0 spiro atoms. The van der Waals surface area contributed by atoms with Crippen molar-refractivity contribution in [3.8, 4) is 22.4 Å². The summed E-state index contributed by atoms with van der Waals surface area (Å²) in [6, 6.07) is 18.6. The predicted octanol–water partition coefficient (Wildman–Crippen LogP) is 4.21. The third-order valence-corrected chi connectivity index (χ3v) is 5.34. The van der Waals surface area contributed by atoms with Crippen LogP contribution in [0.3, 0.4) is 0 Å². The van der Waals surface area contributed by atoms with E-state index in [2.05, 4.69) is 5.10 Å². The van der Waals surface area contributed by atoms with Crippen molar-refractivity contribution < 1.29 is 12.8 Å². The Kier molecular flexibility index (Phi) is 3.85. The van der Waals surface area contributed by atoms with Gasteiger partial charge in [-0.1, -0.05) is 30.3 Å². The van der Waals surface area contributed by atoms with Crippen molar-refractivity contribution in [3.05, 3.63) is 78.7 Å². The number of rotatable bonds is 3. The SMILES string of the molecule is CS(=O)(=O)c1ccc(-c2c(-c3cccc(F)c3)nn3ccccc23)cc1. The van der Waals surface area contributed by atoms with Gasteiger partial charge in [-0.05, 0) is 42.0 Å². The Bertz CT molecular complexity index is 1210. The molecule has 0 amide bonds. The van der Waals surface area contributed by atoms with E-state index in [1.807, 2.05) is 24.4 Å². The third kappa shape index (κ3) is 2.88. The Balaban J connectivity index is 1.98. The van der Waals surface area contributed by atoms with Crippen molar-refractivity contribution >= 4 is 15.4 Å². The van der Waals surface area contributed by atoms with Gasteiger partial charge in [0.15, 0.2) is 9.84 Å². The predicted molar refractivity (Wildman–Crippen MR) is 99.1 cm³/mol. The lowest BCUT2D eigenvalue weighted by molar-refractivity contribution is 0.602. The zero-order valence-corrected chi connectivity index (χ0v) is 14.7. The van der Waals surface area contributed by atoms with E-state index in [0.29, 0.717) is 11.3 Å². The molecule has 0 aliphatic rings. The molecule has 0 unspecified atom stereocenters. The van der Waals surface area contributed by atoms with E-state index in [9.17, 15) is 12.8 Å². The zero-order chi connectivity index (χ0) is 18.3. The fourth-order valence-electron chi connectivity index (χ4n) is 2.99. The maximum absolute atomic E-state index is 13.7. The monoisotopic (exact) mass is 366 g/mol. The first-order chi connectivity index (χ1) is 12.4. The molecule has 130 valence electrons. The van der Waals surface area contributed by atoms with E-state index < -0.39 is 9.84 Å². The fourth-order valence-corrected chi connectivity index (χ4v) is 3.62. The van der Waals surface area contributed by atoms with Crippen LogP contribution in [0.5, 0.6) is 0 Å². The van der Waals surface area contributed by atoms with Crippen molar-refractivity contribution in [2.75, 3.05) is 6.26 Å². The Morgan fingerprint density at radius 1 is 0.923 bits per heavy atom. The van der Waals surface area contributed by atoms with Crippen LogP contribution in [-0.4, -0.2) is 24.3 Å². The standard InChI is InChI=1S/C20H15FN2O2S/c1-26(24,25)17-10-8-14(9-11-17)19-18-7-2-3-12-23(18)22-20(19)15-5-4-6-16(21)13-15/h2-13H,1H3. The average Bonchev–Trinajstić information content (AvgIpc) is 3.00. The van der Waals surface area contributed by atoms with Gasteiger partial charge in [-0.25, -0.2) is 17.3 Å². The minimum Gasteiger partial charge on any atom is -0.240 e. The first-order valence-electron chi connectivity index (χ1n) is 7.97. The Hall–Kier alpha value is -2.99. The van der Waals surface area contributed by atoms with E-state index in [1.165, 1.54) is 18.4 Å². The van der Waals surface area contributed by atoms with Crippen molar-refractivity contribution in [3.63, 3.8) is 0 Å². The molecule has 2 aromatic heterocycles. The lowest BCUT2D eigenvalue weighted by atomic mass is 10.00. The molecule has 0 N–H and O–H groups in total. The Morgan fingerprint density at radius 2 is 1.69 bits per heavy atom. The second kappa shape index (κ2) is 6.07. The van der Waals surface area contributed by atoms with Crippen LogP contribution < -0.4 is 0 Å². The molecule has 0 radical (unpaired) electrons. The van der Waals surface area contributed by atoms with Gasteiger partial charge in [0.25, 0.3) is 0 Å². The lowest BCUT2D eigenvalue weighted by Crippen LogP contribution is -1.96. The quantitative estimate of drug-likeness (QED) is 0.546. The first-order valence-corrected chi connectivity index (χ1v) is 9.86. The lowest BCUT2D eigenvalue weighted by Gasteiger charge is -2.06. The highest BCUT2D eigenvalue weighted by Gasteiger charge is 2.17. The molecule has 0 atom stereocenters. The number of pyridine rings is 1. The number of aromatic nitrogens is 2. The van der Waals surface area contributed by atoms with Crippen LogP contribution in [0, 0.1) is 5.82 Å². The third-order valence-electron chi connectivity index (χ3n) is 4.21. The molecule has 0 saturated heterocycles. The van der Waals surface area contributed by atoms with Gasteiger partial charge in [-0.15, -0.1) is 0 Å². The summed E-state index contributed by atoms with van der Waals surface area (Å²) < 4.78 is 38.9. The highest BCUT2D eigenvalue weighted by molar-refractivity contribution is 7.90. The van der Waals surface area contributed by atoms with Crippen LogP contribution in [0.15, 0.2) is 77.8 Å². The van der Waals surface area contributed by atoms with Gasteiger partial charge in [0.1, 0.15) is 11.5 Å². The number of hydrogen-bond donors (Lipinski definition) is 0. The topological polar surface area (TPSA) is 51.4 Å². The second-order valence-corrected chi connectivity index (χ2v) is 8.08. The molecule has 4 rings (SSSR count). The molecule has 26 heavy (non-hydrogen) atoms. The Morgan fingerprint density at radius 3 is 2.38 bits per heavy atom. The maximum Gasteiger partial charge on any atom is 0.175 e. The van der Waals surface area contributed by atoms with E-state index in [-0.39, 0.29) is 10.7 Å². The summed E-state index contributed by atoms with van der Waals surface area (Å²) >= 11 is 0. The number of benzene rings is 2. The summed E-state index contributed by atoms with van der Waals surface area (Å²) in [6.07, 6.45) is 3.00. The van der Waals surface area contributed by atoms with E-state index >= 15 is 0 Å². The molecule has 4 nitrogen and oxygen atoms in total. The van der Waals surface area contributed by atoms with Gasteiger partial charge >= 0.3 is 0 Å². The van der Waals surface area contributed by atoms with Crippen molar-refractivity contribution in [2.24, 2.45) is 0 Å². The smallest absolute Gasteiger partial charge is 0.175 e. The Labute approximate surface area is 150 Å². The van der Waals surface area contributed by atoms with E-state index in [1.54, 1.807) is 40.9 Å². The summed E-state index contributed by atoms with van der Waals surface area (Å²) in [6.45, 7) is 0. The summed E-state index contributed by atoms with van der Waals surface area (Å²) in [5.41, 5.74) is 3.81. The molecule has 0 saturated carbocycles. The summed E-state index contributed by atoms with van der Waals surface area (Å²) in [7, 11) is -3.27. The molecule has 4 aromatic rings. The van der Waals surface area contributed by atoms with Gasteiger partial charge in [-0.2, -0.15) is 5.10 Å². The number of nitrogens with zero attached hydrogens (tertiary/aromatic N) is 2. The van der Waals surface area contributed by atoms with Crippen molar-refractivity contribution in [1.82, 2.24) is 9.61 Å². The maximum atomic E-state index is 13.7. The zero-order valence-electron chi connectivity index (χ0n) is 13.9. The van der Waals surface area contributed by atoms with Gasteiger partial charge in [0.2, 0.25) is 0 Å². The molecule has 0 aliphatic heterocycles. The van der Waals surface area contributed by atoms with Gasteiger partial charge in [0.05, 0.1) is 10.4 Å². The number of halogens is 1. The normalized spacial score (nSPS) is 11.8. The van der Waals surface area contributed by atoms with Crippen LogP contribution in [0.1, 0.15) is 0 Å². The fraction of sp³-hybridized carbons (Fsp3) is 0.0500. The molecule has 2 heterocycles. The minimum absolute atomic E-state index is 0.255. The minimum atomic E-state index is -3.27. The molecule has 6 heteroatoms. The summed E-state index contributed by atoms with van der Waals surface area (Å²) in [5.74, 6) is -0.335. The number of fused-ring (bicyclic) bond motifs is 1. The second-order valence-electron chi connectivity index (χ2n) is 6.06. The van der Waals surface area contributed by atoms with Crippen LogP contribution >= 0.6 is 0 Å². The molecule has 0 aliphatic carbocycles. The van der Waals surface area contributed by atoms with Gasteiger partial charge < -0.3 is 0 Å². The van der Waals surface area contributed by atoms with Crippen molar-refractivity contribution in [1.29, 1.82) is 0 Å². The van der Waals surface area contributed by atoms with Gasteiger partial charge in [0, 0.05) is 23.6 Å². The van der Waals surface area contributed by atoms with Crippen LogP contribution in [0.4, 0.5) is 4.39 Å². The molecule has 0 fully saturated rings. The number of sulfone groups is 1. The first kappa shape index (κ1) is 16.5. The molecule has 2 aromatic carbocycles. The van der Waals surface area contributed by atoms with Crippen LogP contribution in [0.2, 0.25) is 0 Å². The number of hydrogen-bond acceptors (Lipinski definition) is 3. The molecular formula is C20H15FN2O2S. The summed E-state index contributed by atoms with van der Waals surface area (Å²) in [5, 5.41) is 4.60. The van der Waals surface area contributed by atoms with E-state index in [4.69, 9.17) is 0 Å². The van der Waals surface area contributed by atoms with Crippen LogP contribution in [-0.2, 0) is 9.84 Å².